The number of benzene rings is 2. The molecule has 1 aromatic heterocycles. The number of nitrogens with zero attached hydrogens (tertiary/aromatic N) is 2. The van der Waals surface area contributed by atoms with Gasteiger partial charge in [-0.15, -0.1) is 0 Å². The van der Waals surface area contributed by atoms with Crippen LogP contribution >= 0.6 is 11.6 Å². The number of aromatic nitrogens is 2. The van der Waals surface area contributed by atoms with Crippen molar-refractivity contribution in [2.75, 3.05) is 25.6 Å². The fraction of sp³-hybridized carbons (Fsp3) is 0.391. The zero-order valence-corrected chi connectivity index (χ0v) is 17.6. The van der Waals surface area contributed by atoms with E-state index in [1.54, 1.807) is 12.1 Å². The number of hydrogen-bond donors (Lipinski definition) is 5. The molecule has 2 aromatic carbocycles. The van der Waals surface area contributed by atoms with Gasteiger partial charge in [0, 0.05) is 37.5 Å². The van der Waals surface area contributed by atoms with E-state index >= 15 is 0 Å². The zero-order chi connectivity index (χ0) is 22.4. The van der Waals surface area contributed by atoms with E-state index in [1.165, 1.54) is 24.5 Å². The van der Waals surface area contributed by atoms with Crippen molar-refractivity contribution in [3.63, 3.8) is 0 Å². The average Bonchev–Trinajstić information content (AvgIpc) is 3.39. The molecule has 0 bridgehead atoms. The summed E-state index contributed by atoms with van der Waals surface area (Å²) in [6.45, 7) is 1.82. The summed E-state index contributed by atoms with van der Waals surface area (Å²) in [7, 11) is 1.00. The van der Waals surface area contributed by atoms with Crippen molar-refractivity contribution in [1.82, 2.24) is 9.97 Å². The van der Waals surface area contributed by atoms with E-state index in [9.17, 15) is 15.3 Å². The third-order valence-electron chi connectivity index (χ3n) is 4.83. The highest BCUT2D eigenvalue weighted by molar-refractivity contribution is 6.32. The number of aliphatic hydroxyl groups is 1. The highest BCUT2D eigenvalue weighted by atomic mass is 35.5. The van der Waals surface area contributed by atoms with Crippen LogP contribution in [0.25, 0.3) is 10.9 Å². The van der Waals surface area contributed by atoms with Crippen LogP contribution in [-0.2, 0) is 9.47 Å². The van der Waals surface area contributed by atoms with E-state index in [1.807, 2.05) is 0 Å². The Morgan fingerprint density at radius 3 is 2.09 bits per heavy atom. The standard InChI is InChI=1S/C14H10ClN3O3.C6H10O2.CH4O.2CH4/c15-9-3-7(1-2-11(9)19)18-14-8-4-12(20)13(21)5-10(8)16-6-17-14;1-3-7-6-2-4-8-5(1)6;1-2;;/h1-6,19-21H,(H,16,17,18);5-6H,1-4H2;2H,1H3;2*1H4. The molecule has 2 unspecified atom stereocenters. The van der Waals surface area contributed by atoms with Gasteiger partial charge in [-0.2, -0.15) is 0 Å². The van der Waals surface area contributed by atoms with E-state index in [2.05, 4.69) is 15.3 Å². The van der Waals surface area contributed by atoms with Crippen molar-refractivity contribution in [3.05, 3.63) is 41.7 Å². The van der Waals surface area contributed by atoms with Crippen LogP contribution < -0.4 is 5.32 Å². The minimum absolute atomic E-state index is 0. The van der Waals surface area contributed by atoms with E-state index < -0.39 is 0 Å². The molecule has 2 aliphatic rings. The Morgan fingerprint density at radius 2 is 1.48 bits per heavy atom. The third kappa shape index (κ3) is 6.82. The molecule has 33 heavy (non-hydrogen) atoms. The first-order valence-electron chi connectivity index (χ1n) is 9.61. The molecule has 0 amide bonds. The van der Waals surface area contributed by atoms with Crippen LogP contribution in [0.2, 0.25) is 5.02 Å². The van der Waals surface area contributed by atoms with Crippen LogP contribution in [0.3, 0.4) is 0 Å². The number of ether oxygens (including phenoxy) is 2. The Hall–Kier alpha value is -2.85. The van der Waals surface area contributed by atoms with E-state index in [0.717, 1.165) is 33.2 Å². The average molecular weight is 482 g/mol. The predicted molar refractivity (Wildman–Crippen MR) is 130 cm³/mol. The topological polar surface area (TPSA) is 137 Å². The van der Waals surface area contributed by atoms with Gasteiger partial charge >= 0.3 is 0 Å². The van der Waals surface area contributed by atoms with Gasteiger partial charge in [0.2, 0.25) is 0 Å². The first-order chi connectivity index (χ1) is 15.0. The number of rotatable bonds is 2. The molecule has 5 N–H and O–H groups in total. The number of halogens is 1. The van der Waals surface area contributed by atoms with Crippen molar-refractivity contribution in [3.8, 4) is 17.2 Å². The molecular formula is C23H32ClN3O6. The minimum Gasteiger partial charge on any atom is -0.506 e. The first kappa shape index (κ1) is 28.2. The van der Waals surface area contributed by atoms with Gasteiger partial charge in [0.25, 0.3) is 0 Å². The Balaban J connectivity index is 0.000000381. The number of phenols is 3. The molecule has 2 fully saturated rings. The highest BCUT2D eigenvalue weighted by Gasteiger charge is 2.33. The smallest absolute Gasteiger partial charge is 0.159 e. The summed E-state index contributed by atoms with van der Waals surface area (Å²) in [4.78, 5) is 8.13. The van der Waals surface area contributed by atoms with Crippen LogP contribution in [-0.4, -0.2) is 62.9 Å². The molecule has 3 aromatic rings. The maximum absolute atomic E-state index is 9.60. The summed E-state index contributed by atoms with van der Waals surface area (Å²) < 4.78 is 10.7. The summed E-state index contributed by atoms with van der Waals surface area (Å²) in [5.74, 6) is -0.0849. The monoisotopic (exact) mass is 481 g/mol. The van der Waals surface area contributed by atoms with Gasteiger partial charge < -0.3 is 35.2 Å². The van der Waals surface area contributed by atoms with Crippen molar-refractivity contribution in [2.24, 2.45) is 0 Å². The number of anilines is 2. The van der Waals surface area contributed by atoms with Crippen molar-refractivity contribution in [2.45, 2.75) is 39.9 Å². The second-order valence-electron chi connectivity index (χ2n) is 6.77. The quantitative estimate of drug-likeness (QED) is 0.263. The summed E-state index contributed by atoms with van der Waals surface area (Å²) in [5.41, 5.74) is 1.10. The van der Waals surface area contributed by atoms with Gasteiger partial charge in [-0.25, -0.2) is 9.97 Å². The summed E-state index contributed by atoms with van der Waals surface area (Å²) in [6, 6.07) is 7.36. The maximum atomic E-state index is 9.60. The van der Waals surface area contributed by atoms with Gasteiger partial charge in [0.15, 0.2) is 11.5 Å². The van der Waals surface area contributed by atoms with Gasteiger partial charge in [-0.1, -0.05) is 26.5 Å². The van der Waals surface area contributed by atoms with E-state index in [4.69, 9.17) is 26.2 Å². The van der Waals surface area contributed by atoms with Crippen LogP contribution in [0.4, 0.5) is 11.5 Å². The normalized spacial score (nSPS) is 17.9. The van der Waals surface area contributed by atoms with Crippen molar-refractivity contribution < 1.29 is 29.9 Å². The van der Waals surface area contributed by atoms with E-state index in [-0.39, 0.29) is 37.1 Å². The van der Waals surface area contributed by atoms with Gasteiger partial charge in [-0.3, -0.25) is 0 Å². The lowest BCUT2D eigenvalue weighted by Crippen LogP contribution is -2.13. The van der Waals surface area contributed by atoms with Crippen LogP contribution in [0.1, 0.15) is 27.7 Å². The van der Waals surface area contributed by atoms with Gasteiger partial charge in [-0.05, 0) is 37.1 Å². The highest BCUT2D eigenvalue weighted by Crippen LogP contribution is 2.34. The second kappa shape index (κ2) is 13.0. The molecule has 2 saturated heterocycles. The fourth-order valence-corrected chi connectivity index (χ4v) is 3.51. The molecule has 0 radical (unpaired) electrons. The summed E-state index contributed by atoms with van der Waals surface area (Å²) >= 11 is 5.85. The molecule has 0 spiro atoms. The van der Waals surface area contributed by atoms with E-state index in [0.29, 0.717) is 34.6 Å². The molecule has 5 rings (SSSR count). The predicted octanol–water partition coefficient (Wildman–Crippen LogP) is 4.59. The number of hydrogen-bond acceptors (Lipinski definition) is 9. The molecule has 2 aliphatic heterocycles. The lowest BCUT2D eigenvalue weighted by molar-refractivity contribution is 0.0732. The number of aliphatic hydroxyl groups excluding tert-OH is 1. The fourth-order valence-electron chi connectivity index (χ4n) is 3.33. The molecule has 0 aliphatic carbocycles. The molecular weight excluding hydrogens is 450 g/mol. The molecule has 10 heteroatoms. The lowest BCUT2D eigenvalue weighted by atomic mass is 10.2. The molecule has 0 saturated carbocycles. The largest absolute Gasteiger partial charge is 0.506 e. The van der Waals surface area contributed by atoms with Crippen LogP contribution in [0.15, 0.2) is 36.7 Å². The summed E-state index contributed by atoms with van der Waals surface area (Å²) in [6.07, 6.45) is 4.48. The molecule has 182 valence electrons. The van der Waals surface area contributed by atoms with Crippen LogP contribution in [0, 0.1) is 0 Å². The van der Waals surface area contributed by atoms with Crippen molar-refractivity contribution >= 4 is 34.0 Å². The number of nitrogens with one attached hydrogen (secondary N) is 1. The number of fused-ring (bicyclic) bond motifs is 2. The second-order valence-corrected chi connectivity index (χ2v) is 7.17. The lowest BCUT2D eigenvalue weighted by Gasteiger charge is -2.10. The Bertz CT molecular complexity index is 1020. The Morgan fingerprint density at radius 1 is 0.879 bits per heavy atom. The zero-order valence-electron chi connectivity index (χ0n) is 16.8. The van der Waals surface area contributed by atoms with Gasteiger partial charge in [0.1, 0.15) is 17.9 Å². The van der Waals surface area contributed by atoms with Crippen LogP contribution in [0.5, 0.6) is 17.2 Å². The molecule has 3 heterocycles. The molecule has 2 atom stereocenters. The molecule has 9 nitrogen and oxygen atoms in total. The Labute approximate surface area is 198 Å². The van der Waals surface area contributed by atoms with Gasteiger partial charge in [0.05, 0.1) is 22.7 Å². The minimum atomic E-state index is -0.260. The number of phenolic OH excluding ortho intramolecular Hbond substituents is 3. The van der Waals surface area contributed by atoms with Crippen molar-refractivity contribution in [1.29, 1.82) is 0 Å². The third-order valence-corrected chi connectivity index (χ3v) is 5.13. The Kier molecular flexibility index (Phi) is 11.1. The first-order valence-corrected chi connectivity index (χ1v) is 9.99. The SMILES string of the molecule is C.C.C1CC2OCCC2O1.CO.Oc1cc2ncnc(Nc3ccc(O)c(Cl)c3)c2cc1O. The maximum Gasteiger partial charge on any atom is 0.159 e. The number of aromatic hydroxyl groups is 3. The summed E-state index contributed by atoms with van der Waals surface area (Å²) in [5, 5.41) is 39.3.